The molecule has 0 radical (unpaired) electrons. The molecule has 2 amide bonds. The predicted molar refractivity (Wildman–Crippen MR) is 177 cm³/mol. The largest absolute Gasteiger partial charge is 0.508 e. The summed E-state index contributed by atoms with van der Waals surface area (Å²) in [7, 11) is 0. The molecule has 11 N–H and O–H groups in total. The van der Waals surface area contributed by atoms with Gasteiger partial charge in [0.2, 0.25) is 17.7 Å². The van der Waals surface area contributed by atoms with Crippen LogP contribution in [0.25, 0.3) is 0 Å². The van der Waals surface area contributed by atoms with Crippen molar-refractivity contribution >= 4 is 17.8 Å². The van der Waals surface area contributed by atoms with Gasteiger partial charge in [-0.2, -0.15) is 4.98 Å². The number of hydrogen-bond donors (Lipinski definition) is 8. The Labute approximate surface area is 270 Å². The van der Waals surface area contributed by atoms with E-state index < -0.39 is 29.9 Å². The Balaban J connectivity index is 1.75. The van der Waals surface area contributed by atoms with Crippen LogP contribution in [0.5, 0.6) is 5.75 Å². The van der Waals surface area contributed by atoms with Crippen LogP contribution in [0, 0.1) is 19.3 Å². The number of aromatic nitrogens is 2. The maximum atomic E-state index is 13.8. The number of carbonyl (C=O) groups excluding carboxylic acids is 2. The maximum absolute atomic E-state index is 13.8. The Kier molecular flexibility index (Phi) is 14.4. The highest BCUT2D eigenvalue weighted by Gasteiger charge is 2.28. The van der Waals surface area contributed by atoms with Gasteiger partial charge in [-0.15, -0.1) is 0 Å². The average molecular weight is 636 g/mol. The predicted octanol–water partition coefficient (Wildman–Crippen LogP) is 2.17. The van der Waals surface area contributed by atoms with Crippen molar-refractivity contribution in [1.82, 2.24) is 26.1 Å². The lowest BCUT2D eigenvalue weighted by Crippen LogP contribution is -2.52. The molecule has 0 saturated carbocycles. The number of aryl methyl sites for hydroxylation is 4. The van der Waals surface area contributed by atoms with Crippen LogP contribution >= 0.6 is 0 Å². The van der Waals surface area contributed by atoms with E-state index in [1.54, 1.807) is 12.1 Å². The van der Waals surface area contributed by atoms with Crippen LogP contribution in [-0.2, 0) is 28.9 Å². The van der Waals surface area contributed by atoms with Crippen molar-refractivity contribution in [3.8, 4) is 5.75 Å². The summed E-state index contributed by atoms with van der Waals surface area (Å²) in [5, 5.41) is 30.0. The fraction of sp³-hybridized carbons (Fsp3) is 0.485. The molecule has 0 saturated heterocycles. The number of phenols is 1. The van der Waals surface area contributed by atoms with Crippen molar-refractivity contribution in [1.29, 1.82) is 5.41 Å². The molecule has 2 aromatic carbocycles. The van der Waals surface area contributed by atoms with Gasteiger partial charge in [0, 0.05) is 13.0 Å². The van der Waals surface area contributed by atoms with Crippen LogP contribution < -0.4 is 33.2 Å². The number of nitrogens with one attached hydrogen (secondary N) is 4. The molecular formula is C33H49N9O4. The summed E-state index contributed by atoms with van der Waals surface area (Å²) in [6.07, 6.45) is 4.98. The number of amides is 2. The van der Waals surface area contributed by atoms with Gasteiger partial charge in [-0.05, 0) is 106 Å². The van der Waals surface area contributed by atoms with Gasteiger partial charge < -0.3 is 42.8 Å². The number of unbranched alkanes of at least 4 members (excludes halogenated alkanes) is 1. The van der Waals surface area contributed by atoms with E-state index in [9.17, 15) is 14.7 Å². The highest BCUT2D eigenvalue weighted by Crippen LogP contribution is 2.23. The van der Waals surface area contributed by atoms with E-state index in [0.29, 0.717) is 63.3 Å². The second kappa shape index (κ2) is 18.5. The van der Waals surface area contributed by atoms with Crippen molar-refractivity contribution in [2.24, 2.45) is 17.2 Å². The zero-order valence-corrected chi connectivity index (χ0v) is 26.9. The second-order valence-electron chi connectivity index (χ2n) is 11.6. The average Bonchev–Trinajstić information content (AvgIpc) is 3.49. The first-order valence-corrected chi connectivity index (χ1v) is 15.9. The molecule has 1 aromatic heterocycles. The minimum atomic E-state index is -0.904. The molecular weight excluding hydrogens is 586 g/mol. The Morgan fingerprint density at radius 2 is 1.67 bits per heavy atom. The number of aromatic hydroxyl groups is 1. The number of nitrogens with zero attached hydrogens (tertiary/aromatic N) is 2. The zero-order chi connectivity index (χ0) is 33.5. The lowest BCUT2D eigenvalue weighted by atomic mass is 9.95. The number of guanidine groups is 1. The smallest absolute Gasteiger partial charge is 0.249 e. The first-order valence-electron chi connectivity index (χ1n) is 15.9. The van der Waals surface area contributed by atoms with Crippen molar-refractivity contribution < 1.29 is 19.2 Å². The lowest BCUT2D eigenvalue weighted by molar-refractivity contribution is -0.130. The van der Waals surface area contributed by atoms with Crippen LogP contribution in [0.4, 0.5) is 0 Å². The maximum Gasteiger partial charge on any atom is 0.249 e. The third kappa shape index (κ3) is 11.8. The topological polar surface area (TPSA) is 231 Å². The molecule has 3 atom stereocenters. The molecule has 13 heteroatoms. The lowest BCUT2D eigenvalue weighted by Gasteiger charge is -2.24. The van der Waals surface area contributed by atoms with E-state index in [0.717, 1.165) is 41.5 Å². The van der Waals surface area contributed by atoms with Crippen molar-refractivity contribution in [3.05, 3.63) is 76.4 Å². The van der Waals surface area contributed by atoms with Crippen LogP contribution in [-0.4, -0.2) is 58.2 Å². The summed E-state index contributed by atoms with van der Waals surface area (Å²) >= 11 is 0. The van der Waals surface area contributed by atoms with Gasteiger partial charge >= 0.3 is 0 Å². The molecule has 0 spiro atoms. The number of nitrogens with two attached hydrogens (primary N) is 3. The van der Waals surface area contributed by atoms with Gasteiger partial charge in [-0.3, -0.25) is 15.0 Å². The first-order chi connectivity index (χ1) is 22.1. The third-order valence-electron chi connectivity index (χ3n) is 7.87. The van der Waals surface area contributed by atoms with Crippen molar-refractivity contribution in [2.45, 2.75) is 89.8 Å². The van der Waals surface area contributed by atoms with Crippen LogP contribution in [0.3, 0.4) is 0 Å². The fourth-order valence-corrected chi connectivity index (χ4v) is 5.31. The summed E-state index contributed by atoms with van der Waals surface area (Å²) in [4.78, 5) is 31.6. The van der Waals surface area contributed by atoms with E-state index in [2.05, 4.69) is 26.1 Å². The second-order valence-corrected chi connectivity index (χ2v) is 11.6. The Bertz CT molecular complexity index is 1390. The Morgan fingerprint density at radius 1 is 0.957 bits per heavy atom. The number of hydrogen-bond acceptors (Lipinski definition) is 9. The van der Waals surface area contributed by atoms with E-state index in [-0.39, 0.29) is 11.7 Å². The van der Waals surface area contributed by atoms with Crippen molar-refractivity contribution in [3.63, 3.8) is 0 Å². The van der Waals surface area contributed by atoms with Gasteiger partial charge in [-0.25, -0.2) is 0 Å². The molecule has 0 unspecified atom stereocenters. The zero-order valence-electron chi connectivity index (χ0n) is 26.9. The molecule has 0 aliphatic rings. The molecule has 13 nitrogen and oxygen atoms in total. The third-order valence-corrected chi connectivity index (χ3v) is 7.87. The minimum absolute atomic E-state index is 0.153. The molecule has 0 aliphatic heterocycles. The van der Waals surface area contributed by atoms with Gasteiger partial charge in [0.25, 0.3) is 0 Å². The number of benzene rings is 2. The summed E-state index contributed by atoms with van der Waals surface area (Å²) in [6.45, 7) is 4.72. The SMILES string of the molecule is Cc1cc(O)cc(C)c1CC[C@H](NC(=O)[C@H](N)CCCNC(=N)N)C(=O)N[C@@H](CCCCN)c1nc(CCc2ccccc2)no1. The van der Waals surface area contributed by atoms with Gasteiger partial charge in [-0.1, -0.05) is 35.5 Å². The molecule has 0 fully saturated rings. The molecule has 0 bridgehead atoms. The normalized spacial score (nSPS) is 13.0. The van der Waals surface area contributed by atoms with E-state index in [1.165, 1.54) is 0 Å². The molecule has 250 valence electrons. The quantitative estimate of drug-likeness (QED) is 0.0543. The highest BCUT2D eigenvalue weighted by molar-refractivity contribution is 5.89. The number of rotatable bonds is 19. The molecule has 3 aromatic rings. The fourth-order valence-electron chi connectivity index (χ4n) is 5.31. The number of phenolic OH excluding ortho intramolecular Hbond substituents is 1. The molecule has 0 aliphatic carbocycles. The Morgan fingerprint density at radius 3 is 2.35 bits per heavy atom. The summed E-state index contributed by atoms with van der Waals surface area (Å²) in [6, 6.07) is 11.1. The molecule has 46 heavy (non-hydrogen) atoms. The monoisotopic (exact) mass is 635 g/mol. The van der Waals surface area contributed by atoms with Crippen LogP contribution in [0.1, 0.15) is 78.5 Å². The molecule has 1 heterocycles. The summed E-state index contributed by atoms with van der Waals surface area (Å²) in [5.41, 5.74) is 21.2. The summed E-state index contributed by atoms with van der Waals surface area (Å²) < 4.78 is 5.62. The number of carbonyl (C=O) groups is 2. The van der Waals surface area contributed by atoms with Gasteiger partial charge in [0.15, 0.2) is 11.8 Å². The van der Waals surface area contributed by atoms with E-state index in [1.807, 2.05) is 44.2 Å². The van der Waals surface area contributed by atoms with E-state index in [4.69, 9.17) is 27.1 Å². The first kappa shape index (κ1) is 36.0. The van der Waals surface area contributed by atoms with Gasteiger partial charge in [0.1, 0.15) is 17.8 Å². The van der Waals surface area contributed by atoms with Crippen molar-refractivity contribution in [2.75, 3.05) is 13.1 Å². The van der Waals surface area contributed by atoms with Gasteiger partial charge in [0.05, 0.1) is 6.04 Å². The minimum Gasteiger partial charge on any atom is -0.508 e. The Hall–Kier alpha value is -4.49. The standard InChI is InChI=1S/C33H49N9O4/c1-21-19-24(43)20-22(2)25(21)14-15-27(39-30(44)26(35)11-8-18-38-33(36)37)31(45)40-28(12-6-7-17-34)32-41-29(42-46-32)16-13-23-9-4-3-5-10-23/h3-5,9-10,19-20,26-28,43H,6-8,11-18,34-35H2,1-2H3,(H,39,44)(H,40,45)(H4,36,37,38)/t26-,27+,28+/m1/s1. The molecule has 3 rings (SSSR count). The van der Waals surface area contributed by atoms with Crippen LogP contribution in [0.15, 0.2) is 47.0 Å². The van der Waals surface area contributed by atoms with E-state index >= 15 is 0 Å². The van der Waals surface area contributed by atoms with Crippen LogP contribution in [0.2, 0.25) is 0 Å². The summed E-state index contributed by atoms with van der Waals surface area (Å²) in [5.74, 6) is 0.0240. The highest BCUT2D eigenvalue weighted by atomic mass is 16.5.